The van der Waals surface area contributed by atoms with E-state index in [4.69, 9.17) is 10.5 Å². The zero-order valence-electron chi connectivity index (χ0n) is 13.5. The monoisotopic (exact) mass is 326 g/mol. The van der Waals surface area contributed by atoms with Gasteiger partial charge in [0, 0.05) is 37.5 Å². The number of pyridine rings is 1. The summed E-state index contributed by atoms with van der Waals surface area (Å²) in [5, 5.41) is 6.12. The van der Waals surface area contributed by atoms with Crippen LogP contribution in [0.3, 0.4) is 0 Å². The molecule has 0 spiro atoms. The molecule has 6 heteroatoms. The van der Waals surface area contributed by atoms with Crippen molar-refractivity contribution in [2.24, 2.45) is 0 Å². The van der Waals surface area contributed by atoms with Gasteiger partial charge >= 0.3 is 0 Å². The SMILES string of the molecule is Nc1ccnc(NCCCOc2ccc3c(c2)CNC(=O)CC3)c1. The number of anilines is 2. The normalized spacial score (nSPS) is 13.6. The van der Waals surface area contributed by atoms with Crippen molar-refractivity contribution in [2.75, 3.05) is 24.2 Å². The molecule has 0 saturated heterocycles. The van der Waals surface area contributed by atoms with Gasteiger partial charge in [-0.2, -0.15) is 0 Å². The molecule has 1 aromatic heterocycles. The van der Waals surface area contributed by atoms with Gasteiger partial charge in [-0.25, -0.2) is 4.98 Å². The standard InChI is InChI=1S/C18H22N4O2/c19-15-6-8-21-17(11-15)20-7-1-9-24-16-4-2-13-3-5-18(23)22-12-14(13)10-16/h2,4,6,8,10-11H,1,3,5,7,9,12H2,(H,22,23)(H3,19,20,21). The summed E-state index contributed by atoms with van der Waals surface area (Å²) in [5.41, 5.74) is 8.76. The smallest absolute Gasteiger partial charge is 0.220 e. The highest BCUT2D eigenvalue weighted by Gasteiger charge is 2.12. The number of ether oxygens (including phenoxy) is 1. The van der Waals surface area contributed by atoms with Crippen LogP contribution >= 0.6 is 0 Å². The number of nitrogens with two attached hydrogens (primary N) is 1. The second-order valence-corrected chi connectivity index (χ2v) is 5.81. The van der Waals surface area contributed by atoms with Crippen LogP contribution in [0.1, 0.15) is 24.0 Å². The molecular weight excluding hydrogens is 304 g/mol. The van der Waals surface area contributed by atoms with Crippen molar-refractivity contribution in [3.05, 3.63) is 47.7 Å². The molecule has 0 bridgehead atoms. The third-order valence-corrected chi connectivity index (χ3v) is 3.96. The van der Waals surface area contributed by atoms with Gasteiger partial charge in [-0.1, -0.05) is 6.07 Å². The summed E-state index contributed by atoms with van der Waals surface area (Å²) in [5.74, 6) is 1.72. The molecular formula is C18H22N4O2. The van der Waals surface area contributed by atoms with Crippen molar-refractivity contribution >= 4 is 17.4 Å². The van der Waals surface area contributed by atoms with E-state index in [0.29, 0.717) is 25.3 Å². The molecule has 24 heavy (non-hydrogen) atoms. The van der Waals surface area contributed by atoms with Crippen molar-refractivity contribution in [2.45, 2.75) is 25.8 Å². The molecule has 0 saturated carbocycles. The first-order valence-corrected chi connectivity index (χ1v) is 8.17. The number of amides is 1. The molecule has 2 heterocycles. The van der Waals surface area contributed by atoms with Crippen LogP contribution in [0.2, 0.25) is 0 Å². The Labute approximate surface area is 141 Å². The van der Waals surface area contributed by atoms with Gasteiger partial charge in [-0.3, -0.25) is 4.79 Å². The molecule has 126 valence electrons. The minimum Gasteiger partial charge on any atom is -0.494 e. The van der Waals surface area contributed by atoms with Crippen LogP contribution < -0.4 is 21.1 Å². The van der Waals surface area contributed by atoms with E-state index in [1.807, 2.05) is 18.2 Å². The average molecular weight is 326 g/mol. The lowest BCUT2D eigenvalue weighted by molar-refractivity contribution is -0.121. The fraction of sp³-hybridized carbons (Fsp3) is 0.333. The van der Waals surface area contributed by atoms with Gasteiger partial charge in [-0.15, -0.1) is 0 Å². The lowest BCUT2D eigenvalue weighted by Gasteiger charge is -2.11. The fourth-order valence-electron chi connectivity index (χ4n) is 2.65. The van der Waals surface area contributed by atoms with E-state index in [1.165, 1.54) is 5.56 Å². The van der Waals surface area contributed by atoms with E-state index >= 15 is 0 Å². The van der Waals surface area contributed by atoms with Crippen molar-refractivity contribution < 1.29 is 9.53 Å². The summed E-state index contributed by atoms with van der Waals surface area (Å²) >= 11 is 0. The van der Waals surface area contributed by atoms with Crippen LogP contribution in [-0.2, 0) is 17.8 Å². The maximum absolute atomic E-state index is 11.5. The number of aromatic nitrogens is 1. The van der Waals surface area contributed by atoms with Crippen molar-refractivity contribution in [1.82, 2.24) is 10.3 Å². The number of hydrogen-bond donors (Lipinski definition) is 3. The molecule has 6 nitrogen and oxygen atoms in total. The molecule has 0 fully saturated rings. The molecule has 0 unspecified atom stereocenters. The zero-order valence-corrected chi connectivity index (χ0v) is 13.5. The Bertz CT molecular complexity index is 718. The summed E-state index contributed by atoms with van der Waals surface area (Å²) in [6.45, 7) is 1.95. The molecule has 3 rings (SSSR count). The fourth-order valence-corrected chi connectivity index (χ4v) is 2.65. The Hall–Kier alpha value is -2.76. The lowest BCUT2D eigenvalue weighted by Crippen LogP contribution is -2.20. The quantitative estimate of drug-likeness (QED) is 0.708. The molecule has 0 atom stereocenters. The summed E-state index contributed by atoms with van der Waals surface area (Å²) < 4.78 is 5.80. The maximum atomic E-state index is 11.5. The number of benzene rings is 1. The van der Waals surface area contributed by atoms with Gasteiger partial charge < -0.3 is 21.1 Å². The highest BCUT2D eigenvalue weighted by molar-refractivity contribution is 5.77. The summed E-state index contributed by atoms with van der Waals surface area (Å²) in [4.78, 5) is 15.6. The number of nitrogens with one attached hydrogen (secondary N) is 2. The number of hydrogen-bond acceptors (Lipinski definition) is 5. The molecule has 0 aliphatic carbocycles. The third kappa shape index (κ3) is 4.38. The van der Waals surface area contributed by atoms with Crippen molar-refractivity contribution in [3.8, 4) is 5.75 Å². The number of nitrogen functional groups attached to an aromatic ring is 1. The largest absolute Gasteiger partial charge is 0.494 e. The molecule has 4 N–H and O–H groups in total. The number of carbonyl (C=O) groups excluding carboxylic acids is 1. The Morgan fingerprint density at radius 2 is 2.12 bits per heavy atom. The molecule has 1 amide bonds. The van der Waals surface area contributed by atoms with Crippen LogP contribution in [0.5, 0.6) is 5.75 Å². The van der Waals surface area contributed by atoms with Gasteiger partial charge in [0.25, 0.3) is 0 Å². The Kier molecular flexibility index (Phi) is 5.15. The second kappa shape index (κ2) is 7.68. The van der Waals surface area contributed by atoms with E-state index in [0.717, 1.165) is 36.5 Å². The number of rotatable bonds is 6. The van der Waals surface area contributed by atoms with Gasteiger partial charge in [0.1, 0.15) is 11.6 Å². The Morgan fingerprint density at radius 3 is 3.00 bits per heavy atom. The van der Waals surface area contributed by atoms with Crippen LogP contribution in [0, 0.1) is 0 Å². The number of aryl methyl sites for hydroxylation is 1. The van der Waals surface area contributed by atoms with Gasteiger partial charge in [0.2, 0.25) is 5.91 Å². The van der Waals surface area contributed by atoms with E-state index in [1.54, 1.807) is 12.3 Å². The van der Waals surface area contributed by atoms with Crippen molar-refractivity contribution in [3.63, 3.8) is 0 Å². The molecule has 1 aliphatic heterocycles. The zero-order chi connectivity index (χ0) is 16.8. The van der Waals surface area contributed by atoms with E-state index < -0.39 is 0 Å². The number of nitrogens with zero attached hydrogens (tertiary/aromatic N) is 1. The van der Waals surface area contributed by atoms with Gasteiger partial charge in [0.15, 0.2) is 0 Å². The predicted octanol–water partition coefficient (Wildman–Crippen LogP) is 2.11. The molecule has 0 radical (unpaired) electrons. The molecule has 2 aromatic rings. The lowest BCUT2D eigenvalue weighted by atomic mass is 10.0. The first kappa shape index (κ1) is 16.1. The first-order valence-electron chi connectivity index (χ1n) is 8.17. The maximum Gasteiger partial charge on any atom is 0.220 e. The van der Waals surface area contributed by atoms with Crippen LogP contribution in [0.25, 0.3) is 0 Å². The Balaban J connectivity index is 1.45. The van der Waals surface area contributed by atoms with Gasteiger partial charge in [0.05, 0.1) is 6.61 Å². The molecule has 1 aromatic carbocycles. The van der Waals surface area contributed by atoms with Crippen molar-refractivity contribution in [1.29, 1.82) is 0 Å². The highest BCUT2D eigenvalue weighted by Crippen LogP contribution is 2.21. The minimum atomic E-state index is 0.106. The van der Waals surface area contributed by atoms with Crippen LogP contribution in [-0.4, -0.2) is 24.0 Å². The summed E-state index contributed by atoms with van der Waals surface area (Å²) in [6.07, 6.45) is 3.88. The molecule has 1 aliphatic rings. The predicted molar refractivity (Wildman–Crippen MR) is 93.9 cm³/mol. The van der Waals surface area contributed by atoms with E-state index in [-0.39, 0.29) is 5.91 Å². The number of fused-ring (bicyclic) bond motifs is 1. The average Bonchev–Trinajstić information content (AvgIpc) is 2.76. The first-order chi connectivity index (χ1) is 11.7. The van der Waals surface area contributed by atoms with Gasteiger partial charge in [-0.05, 0) is 42.2 Å². The number of carbonyl (C=O) groups is 1. The second-order valence-electron chi connectivity index (χ2n) is 5.81. The van der Waals surface area contributed by atoms with Crippen LogP contribution in [0.4, 0.5) is 11.5 Å². The highest BCUT2D eigenvalue weighted by atomic mass is 16.5. The summed E-state index contributed by atoms with van der Waals surface area (Å²) in [7, 11) is 0. The van der Waals surface area contributed by atoms with Crippen LogP contribution in [0.15, 0.2) is 36.5 Å². The third-order valence-electron chi connectivity index (χ3n) is 3.96. The van der Waals surface area contributed by atoms with E-state index in [9.17, 15) is 4.79 Å². The Morgan fingerprint density at radius 1 is 1.21 bits per heavy atom. The van der Waals surface area contributed by atoms with E-state index in [2.05, 4.69) is 21.7 Å². The minimum absolute atomic E-state index is 0.106. The summed E-state index contributed by atoms with van der Waals surface area (Å²) in [6, 6.07) is 9.62. The topological polar surface area (TPSA) is 89.3 Å².